The first-order valence-electron chi connectivity index (χ1n) is 9.58. The van der Waals surface area contributed by atoms with E-state index in [-0.39, 0.29) is 19.1 Å². The topological polar surface area (TPSA) is 58.6 Å². The van der Waals surface area contributed by atoms with Gasteiger partial charge in [0, 0.05) is 19.6 Å². The van der Waals surface area contributed by atoms with Crippen molar-refractivity contribution in [3.8, 4) is 0 Å². The van der Waals surface area contributed by atoms with Gasteiger partial charge in [0.2, 0.25) is 0 Å². The molecular formula is C20H27F3N2O3. The van der Waals surface area contributed by atoms with Crippen LogP contribution in [0.15, 0.2) is 24.3 Å². The number of urea groups is 1. The predicted octanol–water partition coefficient (Wildman–Crippen LogP) is 4.01. The van der Waals surface area contributed by atoms with Crippen LogP contribution < -0.4 is 5.32 Å². The summed E-state index contributed by atoms with van der Waals surface area (Å²) in [4.78, 5) is 26.5. The maximum atomic E-state index is 13.0. The molecule has 1 aromatic carbocycles. The fourth-order valence-corrected chi connectivity index (χ4v) is 3.47. The van der Waals surface area contributed by atoms with Crippen LogP contribution in [0.2, 0.25) is 0 Å². The Hall–Kier alpha value is -2.25. The first kappa shape index (κ1) is 22.0. The maximum absolute atomic E-state index is 13.0. The van der Waals surface area contributed by atoms with E-state index < -0.39 is 23.1 Å². The number of carbonyl (C=O) groups excluding carboxylic acids is 2. The molecule has 0 unspecified atom stereocenters. The van der Waals surface area contributed by atoms with E-state index in [0.29, 0.717) is 38.0 Å². The van der Waals surface area contributed by atoms with E-state index in [9.17, 15) is 22.8 Å². The van der Waals surface area contributed by atoms with Crippen LogP contribution in [0, 0.1) is 5.41 Å². The van der Waals surface area contributed by atoms with Gasteiger partial charge >= 0.3 is 18.2 Å². The molecule has 0 saturated carbocycles. The zero-order chi connectivity index (χ0) is 20.8. The summed E-state index contributed by atoms with van der Waals surface area (Å²) in [6, 6.07) is 4.86. The Morgan fingerprint density at radius 1 is 1.21 bits per heavy atom. The fourth-order valence-electron chi connectivity index (χ4n) is 3.47. The molecule has 8 heteroatoms. The van der Waals surface area contributed by atoms with E-state index in [2.05, 4.69) is 5.32 Å². The Kier molecular flexibility index (Phi) is 7.32. The van der Waals surface area contributed by atoms with Crippen molar-refractivity contribution in [1.29, 1.82) is 0 Å². The number of halogens is 3. The third kappa shape index (κ3) is 5.39. The summed E-state index contributed by atoms with van der Waals surface area (Å²) < 4.78 is 44.3. The van der Waals surface area contributed by atoms with E-state index in [1.165, 1.54) is 6.07 Å². The van der Waals surface area contributed by atoms with Crippen molar-refractivity contribution >= 4 is 12.0 Å². The summed E-state index contributed by atoms with van der Waals surface area (Å²) in [5.74, 6) is -0.416. The average molecular weight is 400 g/mol. The van der Waals surface area contributed by atoms with Gasteiger partial charge < -0.3 is 15.0 Å². The highest BCUT2D eigenvalue weighted by Crippen LogP contribution is 2.38. The van der Waals surface area contributed by atoms with E-state index in [4.69, 9.17) is 4.74 Å². The summed E-state index contributed by atoms with van der Waals surface area (Å²) in [6.45, 7) is 5.13. The molecular weight excluding hydrogens is 373 g/mol. The lowest BCUT2D eigenvalue weighted by molar-refractivity contribution is -0.158. The van der Waals surface area contributed by atoms with Gasteiger partial charge in [0.05, 0.1) is 17.6 Å². The SMILES string of the molecule is CCCNC(=O)N1CCC(Cc2cccc(C(F)(F)F)c2)(C(=O)OCC)CC1. The molecule has 2 amide bonds. The molecule has 1 N–H and O–H groups in total. The minimum absolute atomic E-state index is 0.153. The zero-order valence-electron chi connectivity index (χ0n) is 16.3. The molecule has 1 heterocycles. The van der Waals surface area contributed by atoms with E-state index >= 15 is 0 Å². The summed E-state index contributed by atoms with van der Waals surface area (Å²) >= 11 is 0. The lowest BCUT2D eigenvalue weighted by atomic mass is 9.73. The standard InChI is InChI=1S/C20H27F3N2O3/c1-3-10-24-18(27)25-11-8-19(9-12-25,17(26)28-4-2)14-15-6-5-7-16(13-15)20(21,22)23/h5-7,13H,3-4,8-12,14H2,1-2H3,(H,24,27). The Morgan fingerprint density at radius 2 is 1.89 bits per heavy atom. The van der Waals surface area contributed by atoms with E-state index in [0.717, 1.165) is 18.6 Å². The quantitative estimate of drug-likeness (QED) is 0.734. The Labute approximate surface area is 163 Å². The van der Waals surface area contributed by atoms with Gasteiger partial charge in [-0.15, -0.1) is 0 Å². The van der Waals surface area contributed by atoms with Crippen LogP contribution in [0.3, 0.4) is 0 Å². The summed E-state index contributed by atoms with van der Waals surface area (Å²) in [5, 5.41) is 2.80. The van der Waals surface area contributed by atoms with Gasteiger partial charge in [0.1, 0.15) is 0 Å². The third-order valence-corrected chi connectivity index (χ3v) is 5.04. The van der Waals surface area contributed by atoms with Crippen LogP contribution in [0.5, 0.6) is 0 Å². The number of alkyl halides is 3. The van der Waals surface area contributed by atoms with Crippen molar-refractivity contribution in [3.05, 3.63) is 35.4 Å². The number of nitrogens with zero attached hydrogens (tertiary/aromatic N) is 1. The summed E-state index contributed by atoms with van der Waals surface area (Å²) in [7, 11) is 0. The number of amides is 2. The Bertz CT molecular complexity index is 684. The van der Waals surface area contributed by atoms with Crippen molar-refractivity contribution < 1.29 is 27.5 Å². The van der Waals surface area contributed by atoms with Crippen molar-refractivity contribution in [1.82, 2.24) is 10.2 Å². The molecule has 0 spiro atoms. The largest absolute Gasteiger partial charge is 0.466 e. The summed E-state index contributed by atoms with van der Waals surface area (Å²) in [5.41, 5.74) is -1.23. The van der Waals surface area contributed by atoms with Crippen LogP contribution in [0.4, 0.5) is 18.0 Å². The Balaban J connectivity index is 2.18. The number of rotatable bonds is 6. The monoisotopic (exact) mass is 400 g/mol. The first-order valence-corrected chi connectivity index (χ1v) is 9.58. The molecule has 1 fully saturated rings. The molecule has 1 saturated heterocycles. The molecule has 0 bridgehead atoms. The molecule has 0 atom stereocenters. The van der Waals surface area contributed by atoms with Crippen molar-refractivity contribution in [2.24, 2.45) is 5.41 Å². The molecule has 1 aliphatic heterocycles. The minimum atomic E-state index is -4.44. The van der Waals surface area contributed by atoms with Crippen LogP contribution in [-0.4, -0.2) is 43.1 Å². The van der Waals surface area contributed by atoms with Crippen LogP contribution in [0.1, 0.15) is 44.2 Å². The lowest BCUT2D eigenvalue weighted by Crippen LogP contribution is -2.50. The highest BCUT2D eigenvalue weighted by atomic mass is 19.4. The van der Waals surface area contributed by atoms with Gasteiger partial charge in [-0.2, -0.15) is 13.2 Å². The fraction of sp³-hybridized carbons (Fsp3) is 0.600. The van der Waals surface area contributed by atoms with Gasteiger partial charge in [-0.25, -0.2) is 4.79 Å². The molecule has 1 aromatic rings. The lowest BCUT2D eigenvalue weighted by Gasteiger charge is -2.40. The smallest absolute Gasteiger partial charge is 0.416 e. The highest BCUT2D eigenvalue weighted by molar-refractivity contribution is 5.79. The molecule has 2 rings (SSSR count). The van der Waals surface area contributed by atoms with E-state index in [1.807, 2.05) is 6.92 Å². The number of esters is 1. The molecule has 0 aliphatic carbocycles. The average Bonchev–Trinajstić information content (AvgIpc) is 2.66. The predicted molar refractivity (Wildman–Crippen MR) is 98.7 cm³/mol. The number of hydrogen-bond donors (Lipinski definition) is 1. The molecule has 156 valence electrons. The Morgan fingerprint density at radius 3 is 2.46 bits per heavy atom. The molecule has 0 aromatic heterocycles. The van der Waals surface area contributed by atoms with Crippen molar-refractivity contribution in [3.63, 3.8) is 0 Å². The first-order chi connectivity index (χ1) is 13.2. The zero-order valence-corrected chi connectivity index (χ0v) is 16.3. The second-order valence-electron chi connectivity index (χ2n) is 7.09. The number of benzene rings is 1. The number of hydrogen-bond acceptors (Lipinski definition) is 3. The number of carbonyl (C=O) groups is 2. The van der Waals surface area contributed by atoms with Crippen LogP contribution in [-0.2, 0) is 22.1 Å². The van der Waals surface area contributed by atoms with E-state index in [1.54, 1.807) is 17.9 Å². The molecule has 28 heavy (non-hydrogen) atoms. The highest BCUT2D eigenvalue weighted by Gasteiger charge is 2.44. The number of nitrogens with one attached hydrogen (secondary N) is 1. The minimum Gasteiger partial charge on any atom is -0.466 e. The number of piperidine rings is 1. The second kappa shape index (κ2) is 9.30. The van der Waals surface area contributed by atoms with Gasteiger partial charge in [-0.3, -0.25) is 4.79 Å². The summed E-state index contributed by atoms with van der Waals surface area (Å²) in [6.07, 6.45) is -2.76. The normalized spacial score (nSPS) is 16.5. The van der Waals surface area contributed by atoms with Crippen LogP contribution >= 0.6 is 0 Å². The third-order valence-electron chi connectivity index (χ3n) is 5.04. The molecule has 0 radical (unpaired) electrons. The molecule has 1 aliphatic rings. The number of likely N-dealkylation sites (tertiary alicyclic amines) is 1. The maximum Gasteiger partial charge on any atom is 0.416 e. The van der Waals surface area contributed by atoms with Gasteiger partial charge in [0.25, 0.3) is 0 Å². The van der Waals surface area contributed by atoms with Crippen LogP contribution in [0.25, 0.3) is 0 Å². The number of ether oxygens (including phenoxy) is 1. The van der Waals surface area contributed by atoms with Crippen molar-refractivity contribution in [2.75, 3.05) is 26.2 Å². The molecule has 5 nitrogen and oxygen atoms in total. The van der Waals surface area contributed by atoms with Gasteiger partial charge in [-0.05, 0) is 44.2 Å². The van der Waals surface area contributed by atoms with Gasteiger partial charge in [0.15, 0.2) is 0 Å². The van der Waals surface area contributed by atoms with Crippen molar-refractivity contribution in [2.45, 2.75) is 45.7 Å². The second-order valence-corrected chi connectivity index (χ2v) is 7.09. The van der Waals surface area contributed by atoms with Gasteiger partial charge in [-0.1, -0.05) is 25.1 Å².